The molecule has 214 valence electrons. The molecule has 0 aromatic heterocycles. The highest BCUT2D eigenvalue weighted by atomic mass is 16.5. The van der Waals surface area contributed by atoms with E-state index < -0.39 is 35.8 Å². The van der Waals surface area contributed by atoms with E-state index in [1.165, 1.54) is 25.1 Å². The van der Waals surface area contributed by atoms with Crippen LogP contribution in [-0.4, -0.2) is 89.9 Å². The van der Waals surface area contributed by atoms with Crippen LogP contribution in [-0.2, 0) is 20.8 Å². The molecule has 40 heavy (non-hydrogen) atoms. The average Bonchev–Trinajstić information content (AvgIpc) is 2.92. The van der Waals surface area contributed by atoms with Crippen LogP contribution in [0.1, 0.15) is 36.7 Å². The molecule has 0 aliphatic carbocycles. The Bertz CT molecular complexity index is 1260. The number of amides is 4. The molecule has 11 heteroatoms. The zero-order valence-electron chi connectivity index (χ0n) is 23.3. The van der Waals surface area contributed by atoms with Crippen LogP contribution in [0, 0.1) is 5.92 Å². The van der Waals surface area contributed by atoms with Crippen LogP contribution in [0.25, 0.3) is 0 Å². The van der Waals surface area contributed by atoms with Crippen LogP contribution >= 0.6 is 0 Å². The third-order valence-electron chi connectivity index (χ3n) is 7.23. The molecule has 2 aromatic rings. The van der Waals surface area contributed by atoms with Crippen molar-refractivity contribution in [2.24, 2.45) is 5.92 Å². The number of hydrogen-bond donors (Lipinski definition) is 4. The van der Waals surface area contributed by atoms with Gasteiger partial charge < -0.3 is 35.6 Å². The Balaban J connectivity index is 1.67. The molecule has 4 bridgehead atoms. The van der Waals surface area contributed by atoms with Gasteiger partial charge in [-0.2, -0.15) is 0 Å². The van der Waals surface area contributed by atoms with E-state index in [2.05, 4.69) is 20.9 Å². The van der Waals surface area contributed by atoms with Crippen molar-refractivity contribution in [1.29, 1.82) is 0 Å². The zero-order valence-corrected chi connectivity index (χ0v) is 23.3. The Kier molecular flexibility index (Phi) is 8.93. The number of nitrogens with zero attached hydrogens (tertiary/aromatic N) is 2. The van der Waals surface area contributed by atoms with E-state index in [9.17, 15) is 24.3 Å². The first-order valence-electron chi connectivity index (χ1n) is 13.5. The van der Waals surface area contributed by atoms with Gasteiger partial charge in [0.15, 0.2) is 0 Å². The number of likely N-dealkylation sites (N-methyl/N-ethyl adjacent to an activating group) is 1. The number of benzene rings is 2. The van der Waals surface area contributed by atoms with E-state index in [-0.39, 0.29) is 29.6 Å². The summed E-state index contributed by atoms with van der Waals surface area (Å²) in [5.41, 5.74) is 0.758. The van der Waals surface area contributed by atoms with Crippen molar-refractivity contribution in [1.82, 2.24) is 25.8 Å². The molecule has 5 rings (SSSR count). The Morgan fingerprint density at radius 1 is 0.925 bits per heavy atom. The largest absolute Gasteiger partial charge is 0.507 e. The maximum Gasteiger partial charge on any atom is 0.255 e. The van der Waals surface area contributed by atoms with Crippen LogP contribution in [0.15, 0.2) is 42.5 Å². The second kappa shape index (κ2) is 12.4. The molecule has 3 atom stereocenters. The first kappa shape index (κ1) is 28.9. The predicted octanol–water partition coefficient (Wildman–Crippen LogP) is 1.26. The third kappa shape index (κ3) is 6.90. The summed E-state index contributed by atoms with van der Waals surface area (Å²) in [5, 5.41) is 18.5. The molecule has 4 amide bonds. The van der Waals surface area contributed by atoms with Crippen molar-refractivity contribution in [2.45, 2.75) is 45.3 Å². The Labute approximate surface area is 233 Å². The van der Waals surface area contributed by atoms with Crippen molar-refractivity contribution in [3.8, 4) is 17.2 Å². The van der Waals surface area contributed by atoms with Gasteiger partial charge in [0.25, 0.3) is 5.91 Å². The summed E-state index contributed by atoms with van der Waals surface area (Å²) < 4.78 is 5.91. The van der Waals surface area contributed by atoms with Crippen LogP contribution in [0.3, 0.4) is 0 Å². The van der Waals surface area contributed by atoms with Gasteiger partial charge in [0.2, 0.25) is 17.7 Å². The predicted molar refractivity (Wildman–Crippen MR) is 148 cm³/mol. The van der Waals surface area contributed by atoms with E-state index in [1.807, 2.05) is 7.05 Å². The normalized spacial score (nSPS) is 23.0. The molecular weight excluding hydrogens is 514 g/mol. The highest BCUT2D eigenvalue weighted by Crippen LogP contribution is 2.28. The number of carbonyl (C=O) groups excluding carboxylic acids is 4. The lowest BCUT2D eigenvalue weighted by atomic mass is 10.0. The van der Waals surface area contributed by atoms with Gasteiger partial charge in [-0.15, -0.1) is 0 Å². The van der Waals surface area contributed by atoms with Crippen LogP contribution in [0.5, 0.6) is 17.2 Å². The fourth-order valence-electron chi connectivity index (χ4n) is 4.69. The van der Waals surface area contributed by atoms with Gasteiger partial charge in [-0.3, -0.25) is 19.2 Å². The maximum absolute atomic E-state index is 13.5. The minimum absolute atomic E-state index is 0.0512. The second-order valence-corrected chi connectivity index (χ2v) is 10.7. The van der Waals surface area contributed by atoms with Crippen LogP contribution in [0.2, 0.25) is 0 Å². The van der Waals surface area contributed by atoms with Gasteiger partial charge in [-0.25, -0.2) is 0 Å². The number of hydrogen-bond acceptors (Lipinski definition) is 7. The first-order valence-corrected chi connectivity index (χ1v) is 13.5. The minimum Gasteiger partial charge on any atom is -0.507 e. The lowest BCUT2D eigenvalue weighted by Gasteiger charge is -2.35. The Morgan fingerprint density at radius 3 is 2.23 bits per heavy atom. The lowest BCUT2D eigenvalue weighted by molar-refractivity contribution is -0.138. The number of rotatable bonds is 2. The number of aromatic hydroxyl groups is 1. The van der Waals surface area contributed by atoms with Gasteiger partial charge in [-0.1, -0.05) is 26.0 Å². The summed E-state index contributed by atoms with van der Waals surface area (Å²) in [6.45, 7) is 7.65. The molecule has 3 aliphatic rings. The van der Waals surface area contributed by atoms with E-state index in [4.69, 9.17) is 4.74 Å². The molecule has 4 N–H and O–H groups in total. The molecule has 0 spiro atoms. The van der Waals surface area contributed by atoms with Gasteiger partial charge in [0.05, 0.1) is 5.56 Å². The maximum atomic E-state index is 13.5. The zero-order chi connectivity index (χ0) is 29.0. The quantitative estimate of drug-likeness (QED) is 0.412. The fraction of sp³-hybridized carbons (Fsp3) is 0.448. The summed E-state index contributed by atoms with van der Waals surface area (Å²) in [5.74, 6) is -1.69. The van der Waals surface area contributed by atoms with Crippen LogP contribution < -0.4 is 20.7 Å². The van der Waals surface area contributed by atoms with E-state index in [1.54, 1.807) is 43.0 Å². The highest BCUT2D eigenvalue weighted by molar-refractivity contribution is 6.00. The molecule has 0 unspecified atom stereocenters. The third-order valence-corrected chi connectivity index (χ3v) is 7.23. The second-order valence-electron chi connectivity index (χ2n) is 10.7. The monoisotopic (exact) mass is 551 g/mol. The summed E-state index contributed by atoms with van der Waals surface area (Å²) in [4.78, 5) is 56.9. The van der Waals surface area contributed by atoms with Gasteiger partial charge in [-0.05, 0) is 55.8 Å². The summed E-state index contributed by atoms with van der Waals surface area (Å²) >= 11 is 0. The molecule has 0 saturated carbocycles. The standard InChI is InChI=1S/C29H37N5O6/c1-17(2)25-28(38)30-18(3)26(36)31-23(29(39)34-13-11-33(4)12-14-34)15-19-5-7-20(8-6-19)40-21-9-10-24(35)22(16-21)27(37)32-25/h5-10,16-18,23,25,35H,11-15H2,1-4H3,(H,30,38)(H,31,36)(H,32,37)/t18-,23-,25-/m0/s1. The molecule has 3 heterocycles. The van der Waals surface area contributed by atoms with E-state index in [0.717, 1.165) is 18.7 Å². The number of ether oxygens (including phenoxy) is 1. The van der Waals surface area contributed by atoms with Crippen molar-refractivity contribution in [3.63, 3.8) is 0 Å². The number of carbonyl (C=O) groups is 4. The molecule has 1 saturated heterocycles. The minimum atomic E-state index is -0.986. The van der Waals surface area contributed by atoms with E-state index in [0.29, 0.717) is 24.6 Å². The first-order chi connectivity index (χ1) is 19.0. The summed E-state index contributed by atoms with van der Waals surface area (Å²) in [6.07, 6.45) is 0.256. The van der Waals surface area contributed by atoms with E-state index >= 15 is 0 Å². The highest BCUT2D eigenvalue weighted by Gasteiger charge is 2.32. The summed E-state index contributed by atoms with van der Waals surface area (Å²) in [7, 11) is 2.00. The lowest BCUT2D eigenvalue weighted by Crippen LogP contribution is -2.58. The van der Waals surface area contributed by atoms with Gasteiger partial charge >= 0.3 is 0 Å². The Morgan fingerprint density at radius 2 is 1.57 bits per heavy atom. The van der Waals surface area contributed by atoms with Crippen LogP contribution in [0.4, 0.5) is 0 Å². The average molecular weight is 552 g/mol. The van der Waals surface area contributed by atoms with Crippen molar-refractivity contribution in [3.05, 3.63) is 53.6 Å². The molecule has 3 aliphatic heterocycles. The van der Waals surface area contributed by atoms with Crippen molar-refractivity contribution >= 4 is 23.6 Å². The van der Waals surface area contributed by atoms with Gasteiger partial charge in [0, 0.05) is 32.6 Å². The smallest absolute Gasteiger partial charge is 0.255 e. The number of piperazine rings is 1. The SMILES string of the molecule is CC(C)[C@@H]1NC(=O)c2cc(ccc2O)Oc2ccc(cc2)C[C@@H](C(=O)N2CCN(C)CC2)NC(=O)[C@H](C)NC1=O. The molecule has 2 aromatic carbocycles. The number of phenolic OH excluding ortho intramolecular Hbond substituents is 1. The molecule has 11 nitrogen and oxygen atoms in total. The summed E-state index contributed by atoms with van der Waals surface area (Å²) in [6, 6.07) is 8.58. The molecule has 1 fully saturated rings. The van der Waals surface area contributed by atoms with Gasteiger partial charge in [0.1, 0.15) is 35.4 Å². The number of nitrogens with one attached hydrogen (secondary N) is 3. The molecule has 0 radical (unpaired) electrons. The van der Waals surface area contributed by atoms with Crippen molar-refractivity contribution in [2.75, 3.05) is 33.2 Å². The number of fused-ring (bicyclic) bond motifs is 11. The van der Waals surface area contributed by atoms with Crippen molar-refractivity contribution < 1.29 is 29.0 Å². The topological polar surface area (TPSA) is 140 Å². The fourth-order valence-corrected chi connectivity index (χ4v) is 4.69. The Hall–Kier alpha value is -4.12. The molecular formula is C29H37N5O6. The number of phenols is 1.